The van der Waals surface area contributed by atoms with Crippen molar-refractivity contribution in [1.29, 1.82) is 0 Å². The number of pyridine rings is 1. The Balaban J connectivity index is 1.50. The molecule has 3 aromatic carbocycles. The summed E-state index contributed by atoms with van der Waals surface area (Å²) in [5.41, 5.74) is 4.72. The molecule has 1 fully saturated rings. The van der Waals surface area contributed by atoms with Crippen molar-refractivity contribution in [3.8, 4) is 11.5 Å². The predicted octanol–water partition coefficient (Wildman–Crippen LogP) is 6.91. The van der Waals surface area contributed by atoms with Crippen LogP contribution in [0.3, 0.4) is 0 Å². The molecule has 216 valence electrons. The molecule has 1 atom stereocenters. The first-order chi connectivity index (χ1) is 20.9. The monoisotopic (exact) mass is 591 g/mol. The number of amides is 1. The van der Waals surface area contributed by atoms with E-state index in [0.717, 1.165) is 26.9 Å². The number of anilines is 1. The Kier molecular flexibility index (Phi) is 7.65. The van der Waals surface area contributed by atoms with Crippen LogP contribution < -0.4 is 14.4 Å². The van der Waals surface area contributed by atoms with Crippen molar-refractivity contribution in [2.45, 2.75) is 33.4 Å². The van der Waals surface area contributed by atoms with Crippen LogP contribution in [0.15, 0.2) is 90.8 Å². The SMILES string of the molecule is CCOc1cc(C2/C(=C(\O)c3ccncc3)C(=O)C(=O)N2c2nc3c(C)cc(C)cc3s2)ccc1OCc1ccccc1. The number of ketones is 1. The number of rotatable bonds is 8. The largest absolute Gasteiger partial charge is 0.507 e. The second-order valence-corrected chi connectivity index (χ2v) is 11.3. The van der Waals surface area contributed by atoms with Gasteiger partial charge in [0, 0.05) is 18.0 Å². The molecule has 1 N–H and O–H groups in total. The van der Waals surface area contributed by atoms with Gasteiger partial charge in [0.2, 0.25) is 0 Å². The first-order valence-corrected chi connectivity index (χ1v) is 14.7. The van der Waals surface area contributed by atoms with E-state index in [1.54, 1.807) is 30.3 Å². The van der Waals surface area contributed by atoms with Gasteiger partial charge in [-0.15, -0.1) is 0 Å². The zero-order valence-electron chi connectivity index (χ0n) is 23.9. The summed E-state index contributed by atoms with van der Waals surface area (Å²) in [4.78, 5) is 37.6. The lowest BCUT2D eigenvalue weighted by Gasteiger charge is -2.24. The summed E-state index contributed by atoms with van der Waals surface area (Å²) < 4.78 is 13.0. The molecule has 9 heteroatoms. The highest BCUT2D eigenvalue weighted by atomic mass is 32.1. The predicted molar refractivity (Wildman–Crippen MR) is 166 cm³/mol. The maximum absolute atomic E-state index is 13.7. The van der Waals surface area contributed by atoms with Gasteiger partial charge in [-0.05, 0) is 73.4 Å². The second-order valence-electron chi connectivity index (χ2n) is 10.2. The lowest BCUT2D eigenvalue weighted by Crippen LogP contribution is -2.29. The van der Waals surface area contributed by atoms with Gasteiger partial charge in [0.1, 0.15) is 12.4 Å². The van der Waals surface area contributed by atoms with E-state index in [1.165, 1.54) is 28.6 Å². The van der Waals surface area contributed by atoms with Crippen LogP contribution in [-0.2, 0) is 16.2 Å². The van der Waals surface area contributed by atoms with Gasteiger partial charge in [-0.1, -0.05) is 53.8 Å². The van der Waals surface area contributed by atoms with Crippen molar-refractivity contribution < 1.29 is 24.2 Å². The summed E-state index contributed by atoms with van der Waals surface area (Å²) in [6.45, 7) is 6.55. The molecule has 8 nitrogen and oxygen atoms in total. The Labute approximate surface area is 252 Å². The van der Waals surface area contributed by atoms with Crippen LogP contribution in [0, 0.1) is 13.8 Å². The fourth-order valence-corrected chi connectivity index (χ4v) is 6.46. The molecule has 0 spiro atoms. The molecule has 1 aliphatic rings. The van der Waals surface area contributed by atoms with Gasteiger partial charge >= 0.3 is 5.91 Å². The first-order valence-electron chi connectivity index (χ1n) is 13.9. The van der Waals surface area contributed by atoms with Crippen LogP contribution in [-0.4, -0.2) is 33.4 Å². The maximum atomic E-state index is 13.7. The Morgan fingerprint density at radius 3 is 2.47 bits per heavy atom. The van der Waals surface area contributed by atoms with E-state index in [0.29, 0.717) is 41.0 Å². The van der Waals surface area contributed by atoms with Gasteiger partial charge in [0.15, 0.2) is 16.6 Å². The number of fused-ring (bicyclic) bond motifs is 1. The van der Waals surface area contributed by atoms with Crippen LogP contribution in [0.1, 0.15) is 40.8 Å². The number of aliphatic hydroxyl groups is 1. The highest BCUT2D eigenvalue weighted by molar-refractivity contribution is 7.22. The summed E-state index contributed by atoms with van der Waals surface area (Å²) in [6.07, 6.45) is 3.04. The average molecular weight is 592 g/mol. The number of thiazole rings is 1. The van der Waals surface area contributed by atoms with Crippen LogP contribution in [0.25, 0.3) is 16.0 Å². The zero-order valence-corrected chi connectivity index (χ0v) is 24.7. The molecular weight excluding hydrogens is 562 g/mol. The zero-order chi connectivity index (χ0) is 30.1. The van der Waals surface area contributed by atoms with Crippen LogP contribution >= 0.6 is 11.3 Å². The molecule has 6 rings (SSSR count). The maximum Gasteiger partial charge on any atom is 0.301 e. The summed E-state index contributed by atoms with van der Waals surface area (Å²) in [5.74, 6) is -0.873. The number of Topliss-reactive ketones (excluding diaryl/α,β-unsaturated/α-hetero) is 1. The highest BCUT2D eigenvalue weighted by Gasteiger charge is 2.48. The van der Waals surface area contributed by atoms with E-state index in [1.807, 2.05) is 63.2 Å². The van der Waals surface area contributed by atoms with Crippen molar-refractivity contribution in [2.24, 2.45) is 0 Å². The lowest BCUT2D eigenvalue weighted by molar-refractivity contribution is -0.132. The number of carbonyl (C=O) groups excluding carboxylic acids is 2. The van der Waals surface area contributed by atoms with E-state index in [4.69, 9.17) is 14.5 Å². The van der Waals surface area contributed by atoms with Crippen LogP contribution in [0.2, 0.25) is 0 Å². The first kappa shape index (κ1) is 28.1. The number of nitrogens with zero attached hydrogens (tertiary/aromatic N) is 3. The molecular formula is C34H29N3O5S. The fourth-order valence-electron chi connectivity index (χ4n) is 5.29. The molecule has 5 aromatic rings. The molecule has 1 unspecified atom stereocenters. The number of aryl methyl sites for hydroxylation is 2. The van der Waals surface area contributed by atoms with Gasteiger partial charge in [-0.2, -0.15) is 0 Å². The van der Waals surface area contributed by atoms with Crippen LogP contribution in [0.4, 0.5) is 5.13 Å². The lowest BCUT2D eigenvalue weighted by atomic mass is 9.95. The topological polar surface area (TPSA) is 102 Å². The van der Waals surface area contributed by atoms with E-state index in [-0.39, 0.29) is 11.3 Å². The van der Waals surface area contributed by atoms with Gasteiger partial charge in [-0.3, -0.25) is 19.5 Å². The number of benzene rings is 3. The van der Waals surface area contributed by atoms with Crippen molar-refractivity contribution in [2.75, 3.05) is 11.5 Å². The van der Waals surface area contributed by atoms with Crippen molar-refractivity contribution >= 4 is 44.1 Å². The second kappa shape index (κ2) is 11.7. The van der Waals surface area contributed by atoms with Gasteiger partial charge in [0.25, 0.3) is 5.78 Å². The molecule has 0 aliphatic carbocycles. The molecule has 0 radical (unpaired) electrons. The smallest absolute Gasteiger partial charge is 0.301 e. The number of aliphatic hydroxyl groups excluding tert-OH is 1. The Bertz CT molecular complexity index is 1870. The Hall–Kier alpha value is -5.02. The molecule has 2 aromatic heterocycles. The molecule has 0 saturated carbocycles. The number of hydrogen-bond acceptors (Lipinski definition) is 8. The molecule has 1 saturated heterocycles. The fraction of sp³-hybridized carbons (Fsp3) is 0.176. The van der Waals surface area contributed by atoms with E-state index in [2.05, 4.69) is 4.98 Å². The van der Waals surface area contributed by atoms with Crippen LogP contribution in [0.5, 0.6) is 11.5 Å². The number of hydrogen-bond donors (Lipinski definition) is 1. The van der Waals surface area contributed by atoms with Crippen molar-refractivity contribution in [3.63, 3.8) is 0 Å². The standard InChI is InChI=1S/C34H29N3O5S/c1-4-41-26-18-24(10-11-25(26)42-19-22-8-6-5-7-9-22)30-28(31(38)23-12-14-35-15-13-23)32(39)33(40)37(30)34-36-29-21(3)16-20(2)17-27(29)43-34/h5-18,30,38H,4,19H2,1-3H3/b31-28+. The van der Waals surface area contributed by atoms with Crippen molar-refractivity contribution in [1.82, 2.24) is 9.97 Å². The summed E-state index contributed by atoms with van der Waals surface area (Å²) >= 11 is 1.33. The van der Waals surface area contributed by atoms with Crippen molar-refractivity contribution in [3.05, 3.63) is 119 Å². The molecule has 3 heterocycles. The molecule has 1 aliphatic heterocycles. The summed E-state index contributed by atoms with van der Waals surface area (Å²) in [7, 11) is 0. The molecule has 43 heavy (non-hydrogen) atoms. The third kappa shape index (κ3) is 5.35. The normalized spacial score (nSPS) is 16.2. The Morgan fingerprint density at radius 2 is 1.72 bits per heavy atom. The third-order valence-electron chi connectivity index (χ3n) is 7.24. The number of ether oxygens (including phenoxy) is 2. The minimum absolute atomic E-state index is 0.0382. The van der Waals surface area contributed by atoms with E-state index >= 15 is 0 Å². The minimum Gasteiger partial charge on any atom is -0.507 e. The third-order valence-corrected chi connectivity index (χ3v) is 8.24. The average Bonchev–Trinajstić information content (AvgIpc) is 3.55. The number of carbonyl (C=O) groups is 2. The highest BCUT2D eigenvalue weighted by Crippen LogP contribution is 2.46. The van der Waals surface area contributed by atoms with Gasteiger partial charge < -0.3 is 14.6 Å². The van der Waals surface area contributed by atoms with Gasteiger partial charge in [0.05, 0.1) is 28.4 Å². The number of aromatic nitrogens is 2. The Morgan fingerprint density at radius 1 is 0.953 bits per heavy atom. The van der Waals surface area contributed by atoms with E-state index < -0.39 is 17.7 Å². The van der Waals surface area contributed by atoms with Gasteiger partial charge in [-0.25, -0.2) is 4.98 Å². The van der Waals surface area contributed by atoms with E-state index in [9.17, 15) is 14.7 Å². The quantitative estimate of drug-likeness (QED) is 0.119. The summed E-state index contributed by atoms with van der Waals surface area (Å²) in [5, 5.41) is 11.8. The molecule has 0 bridgehead atoms. The molecule has 1 amide bonds. The minimum atomic E-state index is -0.961. The summed E-state index contributed by atoms with van der Waals surface area (Å²) in [6, 6.07) is 21.4.